The van der Waals surface area contributed by atoms with Crippen molar-refractivity contribution >= 4 is 94.8 Å². The molecule has 90 heavy (non-hydrogen) atoms. The van der Waals surface area contributed by atoms with Crippen LogP contribution in [0.4, 0.5) is 0 Å². The van der Waals surface area contributed by atoms with Crippen LogP contribution in [0.3, 0.4) is 0 Å². The fourth-order valence-corrected chi connectivity index (χ4v) is 12.5. The van der Waals surface area contributed by atoms with Crippen molar-refractivity contribution in [2.75, 3.05) is 19.8 Å². The van der Waals surface area contributed by atoms with Gasteiger partial charge in [-0.15, -0.1) is 0 Å². The van der Waals surface area contributed by atoms with Crippen LogP contribution >= 0.6 is 0 Å². The highest BCUT2D eigenvalue weighted by Gasteiger charge is 2.61. The number of nitrogens with one attached hydrogen (secondary N) is 3. The summed E-state index contributed by atoms with van der Waals surface area (Å²) in [6.07, 6.45) is -64.7. The highest BCUT2D eigenvalue weighted by atomic mass is 32.3. The predicted molar refractivity (Wildman–Crippen MR) is 257 cm³/mol. The summed E-state index contributed by atoms with van der Waals surface area (Å²) >= 11 is 0. The minimum atomic E-state index is -6.36. The molecule has 5 heterocycles. The van der Waals surface area contributed by atoms with E-state index in [1.807, 2.05) is 0 Å². The standard InChI is InChI=1S/C30H51N3O49S8/c34-10-4(1-69-86(54,55)56)73-27(8(11(10)35)32-84(48,49)50)77-19-13(37)14(38)29(79-22(19)24(40)41)76-17-6(3-71-88(60,61)62)74-28(9(33-85(51,52)53)18(17)81-89(63,64)65)78-20-15(39)21(82-90(66,67)68)30(80-23(20)25(42)43)75-16-5(2-70-87(57,58)59)72-26(44)7(12(16)36)31-83(45,46)47/h4-23,26-39,44H,1-3H2,(H,40,41)(H,42,43)(H,45,46,47)(H,48,49,50)(H,51,52,53)(H,54,55,56)(H,57,58,59)(H,60,61,62)(H,63,64,65)(H,66,67,68)/t4?,5?,6?,7?,8?,9?,10-,11+,12+,13+,14?,15-,16+,17-,18-,19-,20-,21?,22?,23?,26-,27+,28+,29-,30-/m1/s1. The summed E-state index contributed by atoms with van der Waals surface area (Å²) in [6, 6.07) is -8.42. The van der Waals surface area contributed by atoms with E-state index in [9.17, 15) is 150 Å². The number of carboxylic acids is 2. The van der Waals surface area contributed by atoms with Crippen LogP contribution in [0, 0.1) is 0 Å². The van der Waals surface area contributed by atoms with E-state index < -0.39 is 268 Å². The third kappa shape index (κ3) is 22.4. The van der Waals surface area contributed by atoms with Crippen molar-refractivity contribution in [2.24, 2.45) is 0 Å². The molecule has 5 aliphatic heterocycles. The molecular formula is C30H51N3O49S8. The SMILES string of the molecule is O=C(O)C1O[C@@H](O[C@@H]2C(COS(=O)(=O)O)O[C@@H](O[C@H]3C(C(=O)O)O[C@@H](O[C@H]4C(COS(=O)(=O)O)O[C@@H](O)C(NS(=O)(=O)O)[C@@H]4O)C(OS(=O)(=O)O)[C@@H]3O)C(NS(=O)(=O)O)[C@H]2OS(=O)(=O)O)C(O)[C@H](O)[C@H]1O[C@@H]1OC(COS(=O)(=O)O)[C@@H](O)[C@@H](O)C1NS(=O)(=O)O. The zero-order valence-electron chi connectivity index (χ0n) is 43.0. The Morgan fingerprint density at radius 1 is 0.333 bits per heavy atom. The van der Waals surface area contributed by atoms with Crippen molar-refractivity contribution in [2.45, 2.75) is 153 Å². The molecular weight excluding hydrogens is 1440 g/mol. The molecule has 528 valence electrons. The molecule has 52 nitrogen and oxygen atoms in total. The van der Waals surface area contributed by atoms with Crippen molar-refractivity contribution < 1.29 is 223 Å². The molecule has 0 aromatic rings. The summed E-state index contributed by atoms with van der Waals surface area (Å²) in [6.45, 7) is -5.16. The lowest BCUT2D eigenvalue weighted by atomic mass is 9.94. The first-order valence-electron chi connectivity index (χ1n) is 23.2. The molecule has 20 N–H and O–H groups in total. The summed E-state index contributed by atoms with van der Waals surface area (Å²) in [5, 5.41) is 97.8. The van der Waals surface area contributed by atoms with E-state index in [4.69, 9.17) is 51.7 Å². The summed E-state index contributed by atoms with van der Waals surface area (Å²) < 4.78 is 339. The average molecular weight is 1490 g/mol. The molecule has 5 saturated heterocycles. The maximum Gasteiger partial charge on any atom is 0.397 e. The molecule has 0 aliphatic carbocycles. The van der Waals surface area contributed by atoms with Crippen molar-refractivity contribution in [3.8, 4) is 0 Å². The average Bonchev–Trinajstić information content (AvgIpc) is 0.774. The van der Waals surface area contributed by atoms with E-state index >= 15 is 0 Å². The molecule has 0 radical (unpaired) electrons. The molecule has 5 aliphatic rings. The van der Waals surface area contributed by atoms with Crippen molar-refractivity contribution in [3.63, 3.8) is 0 Å². The number of hydrogen-bond donors (Lipinski definition) is 20. The molecule has 60 heteroatoms. The number of rotatable bonds is 29. The van der Waals surface area contributed by atoms with Gasteiger partial charge in [0.2, 0.25) is 0 Å². The number of carboxylic acid groups (broad SMARTS) is 2. The first-order valence-corrected chi connectivity index (χ1v) is 34.3. The number of hydrogen-bond acceptors (Lipinski definition) is 39. The van der Waals surface area contributed by atoms with Crippen LogP contribution in [0.2, 0.25) is 0 Å². The van der Waals surface area contributed by atoms with Gasteiger partial charge in [-0.25, -0.2) is 30.5 Å². The van der Waals surface area contributed by atoms with Gasteiger partial charge in [0.25, 0.3) is 0 Å². The lowest BCUT2D eigenvalue weighted by Crippen LogP contribution is -2.71. The van der Waals surface area contributed by atoms with Gasteiger partial charge in [-0.3, -0.25) is 36.4 Å². The summed E-state index contributed by atoms with van der Waals surface area (Å²) in [5.41, 5.74) is 0. The fourth-order valence-electron chi connectivity index (χ4n) is 8.80. The van der Waals surface area contributed by atoms with Gasteiger partial charge in [-0.1, -0.05) is 0 Å². The normalized spacial score (nSPS) is 38.9. The van der Waals surface area contributed by atoms with Gasteiger partial charge in [0.15, 0.2) is 49.8 Å². The minimum absolute atomic E-state index is 1.09. The van der Waals surface area contributed by atoms with E-state index in [0.29, 0.717) is 0 Å². The molecule has 0 saturated carbocycles. The number of carbonyl (C=O) groups is 2. The van der Waals surface area contributed by atoms with Crippen LogP contribution in [-0.2, 0) is 156 Å². The number of aliphatic hydroxyl groups excluding tert-OH is 7. The van der Waals surface area contributed by atoms with Crippen molar-refractivity contribution in [1.29, 1.82) is 0 Å². The Balaban J connectivity index is 1.59. The van der Waals surface area contributed by atoms with E-state index in [1.54, 1.807) is 0 Å². The van der Waals surface area contributed by atoms with Crippen molar-refractivity contribution in [3.05, 3.63) is 0 Å². The Hall–Kier alpha value is -2.74. The maximum absolute atomic E-state index is 12.9. The Morgan fingerprint density at radius 2 is 0.700 bits per heavy atom. The predicted octanol–water partition coefficient (Wildman–Crippen LogP) is -14.4. The minimum Gasteiger partial charge on any atom is -0.479 e. The number of aliphatic hydroxyl groups is 7. The first-order chi connectivity index (χ1) is 40.6. The second-order valence-electron chi connectivity index (χ2n) is 18.5. The Morgan fingerprint density at radius 3 is 1.14 bits per heavy atom. The van der Waals surface area contributed by atoms with Gasteiger partial charge >= 0.3 is 94.8 Å². The van der Waals surface area contributed by atoms with Crippen LogP contribution in [-0.4, -0.2) is 335 Å². The monoisotopic (exact) mass is 1490 g/mol. The molecule has 0 aromatic heterocycles. The Labute approximate surface area is 502 Å². The molecule has 0 bridgehead atoms. The first kappa shape index (κ1) is 78.0. The quantitative estimate of drug-likeness (QED) is 0.0309. The molecule has 0 amide bonds. The Bertz CT molecular complexity index is 3470. The highest BCUT2D eigenvalue weighted by molar-refractivity contribution is 7.84. The summed E-state index contributed by atoms with van der Waals surface area (Å²) in [7, 11) is -46.7. The topological polar surface area (TPSA) is 816 Å². The van der Waals surface area contributed by atoms with E-state index in [0.717, 1.165) is 4.72 Å². The van der Waals surface area contributed by atoms with E-state index in [1.165, 1.54) is 9.44 Å². The second-order valence-corrected chi connectivity index (χ2v) is 27.4. The van der Waals surface area contributed by atoms with Gasteiger partial charge in [-0.2, -0.15) is 81.5 Å². The molecule has 25 atom stereocenters. The van der Waals surface area contributed by atoms with Gasteiger partial charge < -0.3 is 88.6 Å². The summed E-state index contributed by atoms with van der Waals surface area (Å²) in [4.78, 5) is 25.7. The number of ether oxygens (including phenoxy) is 9. The molecule has 10 unspecified atom stereocenters. The summed E-state index contributed by atoms with van der Waals surface area (Å²) in [5.74, 6) is -4.94. The van der Waals surface area contributed by atoms with Crippen LogP contribution in [0.25, 0.3) is 0 Å². The number of aliphatic carboxylic acids is 2. The van der Waals surface area contributed by atoms with Gasteiger partial charge in [0.1, 0.15) is 104 Å². The maximum atomic E-state index is 12.9. The lowest BCUT2D eigenvalue weighted by molar-refractivity contribution is -0.372. The molecule has 0 aromatic carbocycles. The van der Waals surface area contributed by atoms with Gasteiger partial charge in [-0.05, 0) is 0 Å². The van der Waals surface area contributed by atoms with Gasteiger partial charge in [0.05, 0.1) is 19.8 Å². The second kappa shape index (κ2) is 29.3. The van der Waals surface area contributed by atoms with E-state index in [-0.39, 0.29) is 0 Å². The van der Waals surface area contributed by atoms with Gasteiger partial charge in [0, 0.05) is 0 Å². The lowest BCUT2D eigenvalue weighted by Gasteiger charge is -2.50. The van der Waals surface area contributed by atoms with Crippen LogP contribution in [0.5, 0.6) is 0 Å². The largest absolute Gasteiger partial charge is 0.479 e. The molecule has 0 spiro atoms. The van der Waals surface area contributed by atoms with Crippen LogP contribution < -0.4 is 14.2 Å². The van der Waals surface area contributed by atoms with E-state index in [2.05, 4.69) is 20.9 Å². The Kier molecular flexibility index (Phi) is 25.4. The molecule has 5 rings (SSSR count). The molecule has 5 fully saturated rings. The highest BCUT2D eigenvalue weighted by Crippen LogP contribution is 2.38. The third-order valence-electron chi connectivity index (χ3n) is 12.2. The fraction of sp³-hybridized carbons (Fsp3) is 0.933. The van der Waals surface area contributed by atoms with Crippen molar-refractivity contribution in [1.82, 2.24) is 14.2 Å². The zero-order chi connectivity index (χ0) is 68.7. The zero-order valence-corrected chi connectivity index (χ0v) is 49.5. The third-order valence-corrected chi connectivity index (χ3v) is 16.2. The smallest absolute Gasteiger partial charge is 0.397 e. The van der Waals surface area contributed by atoms with Crippen LogP contribution in [0.1, 0.15) is 0 Å². The van der Waals surface area contributed by atoms with Crippen LogP contribution in [0.15, 0.2) is 0 Å².